The van der Waals surface area contributed by atoms with Crippen LogP contribution in [0.1, 0.15) is 23.0 Å². The third kappa shape index (κ3) is 3.86. The van der Waals surface area contributed by atoms with Crippen LogP contribution in [-0.4, -0.2) is 18.5 Å². The molecule has 0 radical (unpaired) electrons. The van der Waals surface area contributed by atoms with Gasteiger partial charge in [0.15, 0.2) is 0 Å². The molecule has 116 valence electrons. The van der Waals surface area contributed by atoms with E-state index < -0.39 is 11.9 Å². The minimum Gasteiger partial charge on any atom is -0.545 e. The van der Waals surface area contributed by atoms with Gasteiger partial charge in [-0.3, -0.25) is 0 Å². The summed E-state index contributed by atoms with van der Waals surface area (Å²) in [6.07, 6.45) is 1.29. The zero-order valence-electron chi connectivity index (χ0n) is 12.2. The van der Waals surface area contributed by atoms with Gasteiger partial charge in [-0.05, 0) is 24.6 Å². The maximum absolute atomic E-state index is 11.5. The van der Waals surface area contributed by atoms with Gasteiger partial charge >= 0.3 is 5.97 Å². The van der Waals surface area contributed by atoms with Crippen LogP contribution in [0.3, 0.4) is 0 Å². The Bertz CT molecular complexity index is 793. The number of carboxylic acid groups (broad SMARTS) is 1. The van der Waals surface area contributed by atoms with E-state index in [1.807, 2.05) is 0 Å². The molecule has 23 heavy (non-hydrogen) atoms. The van der Waals surface area contributed by atoms with Crippen molar-refractivity contribution < 1.29 is 23.8 Å². The molecule has 0 saturated heterocycles. The van der Waals surface area contributed by atoms with Crippen LogP contribution in [0.2, 0.25) is 0 Å². The highest BCUT2D eigenvalue weighted by Crippen LogP contribution is 2.24. The van der Waals surface area contributed by atoms with Gasteiger partial charge in [0.2, 0.25) is 0 Å². The first-order chi connectivity index (χ1) is 11.0. The Morgan fingerprint density at radius 3 is 2.52 bits per heavy atom. The summed E-state index contributed by atoms with van der Waals surface area (Å²) in [7, 11) is 0. The molecule has 0 aliphatic heterocycles. The number of carbonyl (C=O) groups excluding carboxylic acids is 2. The molecular weight excluding hydrogens is 298 g/mol. The van der Waals surface area contributed by atoms with Gasteiger partial charge in [-0.2, -0.15) is 5.26 Å². The average molecular weight is 310 g/mol. The zero-order valence-corrected chi connectivity index (χ0v) is 12.2. The van der Waals surface area contributed by atoms with Crippen LogP contribution in [0.15, 0.2) is 46.4 Å². The molecular formula is C17H12NO5-. The summed E-state index contributed by atoms with van der Waals surface area (Å²) >= 11 is 0. The van der Waals surface area contributed by atoms with E-state index in [0.717, 1.165) is 0 Å². The molecule has 6 heteroatoms. The monoisotopic (exact) mass is 310 g/mol. The molecule has 2 rings (SSSR count). The summed E-state index contributed by atoms with van der Waals surface area (Å²) in [6, 6.07) is 11.0. The van der Waals surface area contributed by atoms with Gasteiger partial charge in [0, 0.05) is 11.6 Å². The van der Waals surface area contributed by atoms with Crippen LogP contribution in [0, 0.1) is 11.3 Å². The highest BCUT2D eigenvalue weighted by Gasteiger charge is 2.11. The predicted molar refractivity (Wildman–Crippen MR) is 78.7 cm³/mol. The minimum absolute atomic E-state index is 0.0644. The fraction of sp³-hybridized carbons (Fsp3) is 0.118. The maximum Gasteiger partial charge on any atom is 0.349 e. The first-order valence-electron chi connectivity index (χ1n) is 6.75. The van der Waals surface area contributed by atoms with E-state index >= 15 is 0 Å². The van der Waals surface area contributed by atoms with Crippen molar-refractivity contribution in [2.24, 2.45) is 0 Å². The number of hydrogen-bond donors (Lipinski definition) is 0. The SMILES string of the molecule is CCOC(=O)/C(C#N)=C\c1ccc(-c2ccc(C(=O)[O-])cc2)o1. The minimum atomic E-state index is -1.26. The maximum atomic E-state index is 11.5. The van der Waals surface area contributed by atoms with Crippen molar-refractivity contribution in [2.45, 2.75) is 6.92 Å². The quantitative estimate of drug-likeness (QED) is 0.473. The third-order valence-corrected chi connectivity index (χ3v) is 2.93. The predicted octanol–water partition coefficient (Wildman–Crippen LogP) is 1.78. The molecule has 0 spiro atoms. The van der Waals surface area contributed by atoms with E-state index in [1.54, 1.807) is 37.3 Å². The Morgan fingerprint density at radius 2 is 1.96 bits per heavy atom. The highest BCUT2D eigenvalue weighted by molar-refractivity contribution is 5.97. The lowest BCUT2D eigenvalue weighted by Crippen LogP contribution is -2.21. The van der Waals surface area contributed by atoms with Crippen molar-refractivity contribution in [3.8, 4) is 17.4 Å². The van der Waals surface area contributed by atoms with Crippen LogP contribution < -0.4 is 5.11 Å². The first-order valence-corrected chi connectivity index (χ1v) is 6.75. The molecule has 0 aliphatic rings. The van der Waals surface area contributed by atoms with E-state index in [4.69, 9.17) is 14.4 Å². The molecule has 1 heterocycles. The summed E-state index contributed by atoms with van der Waals surface area (Å²) < 4.78 is 10.3. The van der Waals surface area contributed by atoms with Crippen LogP contribution in [0.4, 0.5) is 0 Å². The van der Waals surface area contributed by atoms with Gasteiger partial charge in [-0.15, -0.1) is 0 Å². The summed E-state index contributed by atoms with van der Waals surface area (Å²) in [5.74, 6) is -1.19. The van der Waals surface area contributed by atoms with Crippen molar-refractivity contribution in [2.75, 3.05) is 6.61 Å². The van der Waals surface area contributed by atoms with Crippen LogP contribution in [0.5, 0.6) is 0 Å². The number of nitrogens with zero attached hydrogens (tertiary/aromatic N) is 1. The van der Waals surface area contributed by atoms with Gasteiger partial charge in [-0.1, -0.05) is 24.3 Å². The second kappa shape index (κ2) is 7.09. The number of hydrogen-bond acceptors (Lipinski definition) is 6. The smallest absolute Gasteiger partial charge is 0.349 e. The molecule has 0 N–H and O–H groups in total. The number of rotatable bonds is 5. The molecule has 0 fully saturated rings. The second-order valence-corrected chi connectivity index (χ2v) is 4.46. The van der Waals surface area contributed by atoms with E-state index in [2.05, 4.69) is 0 Å². The molecule has 0 atom stereocenters. The highest BCUT2D eigenvalue weighted by atomic mass is 16.5. The molecule has 1 aromatic carbocycles. The van der Waals surface area contributed by atoms with Gasteiger partial charge in [0.1, 0.15) is 23.2 Å². The fourth-order valence-electron chi connectivity index (χ4n) is 1.84. The molecule has 6 nitrogen and oxygen atoms in total. The Kier molecular flexibility index (Phi) is 4.95. The van der Waals surface area contributed by atoms with E-state index in [0.29, 0.717) is 17.1 Å². The molecule has 2 aromatic rings. The van der Waals surface area contributed by atoms with E-state index in [1.165, 1.54) is 18.2 Å². The van der Waals surface area contributed by atoms with Crippen LogP contribution in [0.25, 0.3) is 17.4 Å². The number of ether oxygens (including phenoxy) is 1. The first kappa shape index (κ1) is 16.0. The molecule has 0 aliphatic carbocycles. The van der Waals surface area contributed by atoms with Crippen molar-refractivity contribution in [1.82, 2.24) is 0 Å². The van der Waals surface area contributed by atoms with Crippen LogP contribution in [-0.2, 0) is 9.53 Å². The van der Waals surface area contributed by atoms with Crippen molar-refractivity contribution in [3.05, 3.63) is 53.3 Å². The summed E-state index contributed by atoms with van der Waals surface area (Å²) in [6.45, 7) is 1.82. The number of carbonyl (C=O) groups is 2. The number of esters is 1. The number of nitriles is 1. The van der Waals surface area contributed by atoms with Crippen LogP contribution >= 0.6 is 0 Å². The Balaban J connectivity index is 2.25. The van der Waals surface area contributed by atoms with Gasteiger partial charge in [0.25, 0.3) is 0 Å². The van der Waals surface area contributed by atoms with Gasteiger partial charge in [-0.25, -0.2) is 4.79 Å². The number of aromatic carboxylic acids is 1. The summed E-state index contributed by atoms with van der Waals surface area (Å²) in [5, 5.41) is 19.7. The Hall–Kier alpha value is -3.33. The topological polar surface area (TPSA) is 103 Å². The lowest BCUT2D eigenvalue weighted by atomic mass is 10.1. The molecule has 0 saturated carbocycles. The third-order valence-electron chi connectivity index (χ3n) is 2.93. The van der Waals surface area contributed by atoms with E-state index in [-0.39, 0.29) is 17.7 Å². The largest absolute Gasteiger partial charge is 0.545 e. The standard InChI is InChI=1S/C17H13NO5/c1-2-22-17(21)13(10-18)9-14-7-8-15(23-14)11-3-5-12(6-4-11)16(19)20/h3-9H,2H2,1H3,(H,19,20)/p-1/b13-9-. The van der Waals surface area contributed by atoms with Crippen molar-refractivity contribution in [3.63, 3.8) is 0 Å². The Labute approximate surface area is 132 Å². The lowest BCUT2D eigenvalue weighted by Gasteiger charge is -2.02. The number of benzene rings is 1. The number of furan rings is 1. The van der Waals surface area contributed by atoms with E-state index in [9.17, 15) is 14.7 Å². The van der Waals surface area contributed by atoms with Crippen molar-refractivity contribution in [1.29, 1.82) is 5.26 Å². The normalized spacial score (nSPS) is 10.9. The van der Waals surface area contributed by atoms with Gasteiger partial charge < -0.3 is 19.1 Å². The summed E-state index contributed by atoms with van der Waals surface area (Å²) in [4.78, 5) is 22.2. The Morgan fingerprint density at radius 1 is 1.26 bits per heavy atom. The second-order valence-electron chi connectivity index (χ2n) is 4.46. The molecule has 0 amide bonds. The summed E-state index contributed by atoms with van der Waals surface area (Å²) in [5.41, 5.74) is 0.554. The average Bonchev–Trinajstić information content (AvgIpc) is 3.01. The molecule has 0 unspecified atom stereocenters. The fourth-order valence-corrected chi connectivity index (χ4v) is 1.84. The lowest BCUT2D eigenvalue weighted by molar-refractivity contribution is -0.255. The number of carboxylic acids is 1. The molecule has 0 bridgehead atoms. The molecule has 1 aromatic heterocycles. The van der Waals surface area contributed by atoms with Crippen molar-refractivity contribution >= 4 is 18.0 Å². The van der Waals surface area contributed by atoms with Gasteiger partial charge in [0.05, 0.1) is 12.6 Å². The zero-order chi connectivity index (χ0) is 16.8.